The second-order valence-corrected chi connectivity index (χ2v) is 3.57. The summed E-state index contributed by atoms with van der Waals surface area (Å²) in [6.07, 6.45) is 2.61. The minimum atomic E-state index is 0.805. The van der Waals surface area contributed by atoms with Crippen LogP contribution in [0.4, 0.5) is 0 Å². The predicted octanol–water partition coefficient (Wildman–Crippen LogP) is -0.110. The molecule has 0 unspecified atom stereocenters. The van der Waals surface area contributed by atoms with Crippen LogP contribution in [0.1, 0.15) is 12.8 Å². The van der Waals surface area contributed by atoms with Crippen molar-refractivity contribution in [2.24, 2.45) is 0 Å². The van der Waals surface area contributed by atoms with Gasteiger partial charge in [0, 0.05) is 19.1 Å². The zero-order valence-corrected chi connectivity index (χ0v) is 8.27. The standard InChI is InChI=1S/C9H21N3/c1-10-7-8-12(2)9-3-5-11-6-4-9/h9-11H,3-8H2,1-2H3. The van der Waals surface area contributed by atoms with Crippen molar-refractivity contribution < 1.29 is 0 Å². The van der Waals surface area contributed by atoms with Crippen LogP contribution in [-0.4, -0.2) is 51.2 Å². The van der Waals surface area contributed by atoms with Crippen LogP contribution in [0.2, 0.25) is 0 Å². The van der Waals surface area contributed by atoms with Crippen LogP contribution in [0.5, 0.6) is 0 Å². The Morgan fingerprint density at radius 2 is 2.08 bits per heavy atom. The maximum absolute atomic E-state index is 3.38. The van der Waals surface area contributed by atoms with Crippen molar-refractivity contribution in [1.29, 1.82) is 0 Å². The summed E-state index contributed by atoms with van der Waals surface area (Å²) in [6, 6.07) is 0.805. The molecule has 1 aliphatic rings. The third kappa shape index (κ3) is 3.09. The summed E-state index contributed by atoms with van der Waals surface area (Å²) in [5.74, 6) is 0. The molecule has 0 bridgehead atoms. The molecule has 0 aromatic rings. The van der Waals surface area contributed by atoms with E-state index in [0.29, 0.717) is 0 Å². The van der Waals surface area contributed by atoms with Gasteiger partial charge in [-0.3, -0.25) is 0 Å². The first-order valence-electron chi connectivity index (χ1n) is 4.90. The molecular formula is C9H21N3. The molecule has 72 valence electrons. The lowest BCUT2D eigenvalue weighted by atomic mass is 10.1. The molecule has 0 aromatic carbocycles. The zero-order valence-electron chi connectivity index (χ0n) is 8.27. The second kappa shape index (κ2) is 5.51. The monoisotopic (exact) mass is 171 g/mol. The van der Waals surface area contributed by atoms with Gasteiger partial charge < -0.3 is 15.5 Å². The molecule has 0 saturated carbocycles. The summed E-state index contributed by atoms with van der Waals surface area (Å²) in [5.41, 5.74) is 0. The van der Waals surface area contributed by atoms with Gasteiger partial charge in [0.2, 0.25) is 0 Å². The Labute approximate surface area is 75.5 Å². The van der Waals surface area contributed by atoms with E-state index in [1.54, 1.807) is 0 Å². The molecular weight excluding hydrogens is 150 g/mol. The van der Waals surface area contributed by atoms with Crippen LogP contribution in [0.15, 0.2) is 0 Å². The molecule has 2 N–H and O–H groups in total. The molecule has 1 fully saturated rings. The number of piperidine rings is 1. The van der Waals surface area contributed by atoms with Crippen LogP contribution in [0.3, 0.4) is 0 Å². The van der Waals surface area contributed by atoms with E-state index >= 15 is 0 Å². The first-order chi connectivity index (χ1) is 5.84. The van der Waals surface area contributed by atoms with E-state index in [1.165, 1.54) is 32.5 Å². The highest BCUT2D eigenvalue weighted by atomic mass is 15.1. The number of nitrogens with one attached hydrogen (secondary N) is 2. The summed E-state index contributed by atoms with van der Waals surface area (Å²) in [7, 11) is 4.24. The van der Waals surface area contributed by atoms with Gasteiger partial charge in [0.05, 0.1) is 0 Å². The minimum Gasteiger partial charge on any atom is -0.318 e. The highest BCUT2D eigenvalue weighted by molar-refractivity contribution is 4.75. The highest BCUT2D eigenvalue weighted by Gasteiger charge is 2.16. The first-order valence-corrected chi connectivity index (χ1v) is 4.90. The first kappa shape index (κ1) is 9.96. The quantitative estimate of drug-likeness (QED) is 0.618. The zero-order chi connectivity index (χ0) is 8.81. The van der Waals surface area contributed by atoms with E-state index in [2.05, 4.69) is 22.6 Å². The molecule has 0 spiro atoms. The number of likely N-dealkylation sites (N-methyl/N-ethyl adjacent to an activating group) is 2. The van der Waals surface area contributed by atoms with Crippen molar-refractivity contribution in [3.8, 4) is 0 Å². The van der Waals surface area contributed by atoms with Crippen LogP contribution in [-0.2, 0) is 0 Å². The van der Waals surface area contributed by atoms with Gasteiger partial charge in [-0.2, -0.15) is 0 Å². The Hall–Kier alpha value is -0.120. The Morgan fingerprint density at radius 3 is 2.67 bits per heavy atom. The molecule has 0 radical (unpaired) electrons. The molecule has 1 heterocycles. The Bertz CT molecular complexity index is 110. The van der Waals surface area contributed by atoms with Crippen LogP contribution in [0, 0.1) is 0 Å². The summed E-state index contributed by atoms with van der Waals surface area (Å²) in [6.45, 7) is 4.64. The molecule has 1 rings (SSSR count). The van der Waals surface area contributed by atoms with Crippen molar-refractivity contribution in [3.63, 3.8) is 0 Å². The molecule has 3 heteroatoms. The number of nitrogens with zero attached hydrogens (tertiary/aromatic N) is 1. The average Bonchev–Trinajstić information content (AvgIpc) is 2.15. The lowest BCUT2D eigenvalue weighted by molar-refractivity contribution is 0.201. The van der Waals surface area contributed by atoms with Gasteiger partial charge in [-0.1, -0.05) is 0 Å². The van der Waals surface area contributed by atoms with Gasteiger partial charge in [0.15, 0.2) is 0 Å². The predicted molar refractivity (Wildman–Crippen MR) is 52.4 cm³/mol. The van der Waals surface area contributed by atoms with Gasteiger partial charge in [-0.05, 0) is 40.0 Å². The fourth-order valence-corrected chi connectivity index (χ4v) is 1.72. The second-order valence-electron chi connectivity index (χ2n) is 3.57. The van der Waals surface area contributed by atoms with Crippen LogP contribution in [0.25, 0.3) is 0 Å². The molecule has 1 saturated heterocycles. The third-order valence-electron chi connectivity index (χ3n) is 2.65. The van der Waals surface area contributed by atoms with E-state index in [4.69, 9.17) is 0 Å². The Kier molecular flexibility index (Phi) is 4.58. The van der Waals surface area contributed by atoms with Gasteiger partial charge >= 0.3 is 0 Å². The summed E-state index contributed by atoms with van der Waals surface area (Å²) >= 11 is 0. The van der Waals surface area contributed by atoms with Crippen molar-refractivity contribution >= 4 is 0 Å². The lowest BCUT2D eigenvalue weighted by Crippen LogP contribution is -2.43. The highest BCUT2D eigenvalue weighted by Crippen LogP contribution is 2.08. The van der Waals surface area contributed by atoms with Gasteiger partial charge in [0.1, 0.15) is 0 Å². The third-order valence-corrected chi connectivity index (χ3v) is 2.65. The molecule has 0 aliphatic carbocycles. The average molecular weight is 171 g/mol. The van der Waals surface area contributed by atoms with E-state index in [-0.39, 0.29) is 0 Å². The molecule has 0 aromatic heterocycles. The number of hydrogen-bond donors (Lipinski definition) is 2. The van der Waals surface area contributed by atoms with Gasteiger partial charge in [0.25, 0.3) is 0 Å². The Balaban J connectivity index is 2.15. The molecule has 0 amide bonds. The van der Waals surface area contributed by atoms with Crippen molar-refractivity contribution in [1.82, 2.24) is 15.5 Å². The molecule has 1 aliphatic heterocycles. The maximum Gasteiger partial charge on any atom is 0.0117 e. The van der Waals surface area contributed by atoms with E-state index in [9.17, 15) is 0 Å². The normalized spacial score (nSPS) is 20.2. The molecule has 3 nitrogen and oxygen atoms in total. The number of rotatable bonds is 4. The van der Waals surface area contributed by atoms with Crippen molar-refractivity contribution in [3.05, 3.63) is 0 Å². The van der Waals surface area contributed by atoms with Crippen molar-refractivity contribution in [2.45, 2.75) is 18.9 Å². The topological polar surface area (TPSA) is 27.3 Å². The largest absolute Gasteiger partial charge is 0.318 e. The lowest BCUT2D eigenvalue weighted by Gasteiger charge is -2.31. The van der Waals surface area contributed by atoms with Gasteiger partial charge in [-0.15, -0.1) is 0 Å². The van der Waals surface area contributed by atoms with Crippen molar-refractivity contribution in [2.75, 3.05) is 40.3 Å². The van der Waals surface area contributed by atoms with E-state index < -0.39 is 0 Å². The number of hydrogen-bond acceptors (Lipinski definition) is 3. The molecule has 0 atom stereocenters. The summed E-state index contributed by atoms with van der Waals surface area (Å²) in [4.78, 5) is 2.47. The Morgan fingerprint density at radius 1 is 1.42 bits per heavy atom. The summed E-state index contributed by atoms with van der Waals surface area (Å²) < 4.78 is 0. The van der Waals surface area contributed by atoms with Crippen LogP contribution >= 0.6 is 0 Å². The maximum atomic E-state index is 3.38. The van der Waals surface area contributed by atoms with E-state index in [0.717, 1.165) is 12.6 Å². The van der Waals surface area contributed by atoms with E-state index in [1.807, 2.05) is 7.05 Å². The fourth-order valence-electron chi connectivity index (χ4n) is 1.72. The fraction of sp³-hybridized carbons (Fsp3) is 1.00. The minimum absolute atomic E-state index is 0.805. The smallest absolute Gasteiger partial charge is 0.0117 e. The summed E-state index contributed by atoms with van der Waals surface area (Å²) in [5, 5.41) is 6.56. The van der Waals surface area contributed by atoms with Crippen LogP contribution < -0.4 is 10.6 Å². The van der Waals surface area contributed by atoms with Gasteiger partial charge in [-0.25, -0.2) is 0 Å². The SMILES string of the molecule is CNCCN(C)C1CCNCC1. The molecule has 12 heavy (non-hydrogen) atoms.